The summed E-state index contributed by atoms with van der Waals surface area (Å²) in [6.07, 6.45) is 4.41. The van der Waals surface area contributed by atoms with Gasteiger partial charge in [0.1, 0.15) is 17.1 Å². The molecule has 0 saturated heterocycles. The molecule has 1 spiro atoms. The van der Waals surface area contributed by atoms with Crippen molar-refractivity contribution < 1.29 is 9.84 Å². The predicted molar refractivity (Wildman–Crippen MR) is 182 cm³/mol. The Morgan fingerprint density at radius 2 is 1.30 bits per heavy atom. The van der Waals surface area contributed by atoms with Crippen LogP contribution in [0.15, 0.2) is 133 Å². The minimum Gasteiger partial charge on any atom is -0.507 e. The van der Waals surface area contributed by atoms with Gasteiger partial charge in [-0.1, -0.05) is 84.9 Å². The van der Waals surface area contributed by atoms with Crippen molar-refractivity contribution in [2.24, 2.45) is 5.41 Å². The topological polar surface area (TPSA) is 60.2 Å². The third kappa shape index (κ3) is 4.47. The van der Waals surface area contributed by atoms with Gasteiger partial charge in [-0.3, -0.25) is 4.57 Å². The maximum Gasteiger partial charge on any atom is 0.219 e. The summed E-state index contributed by atoms with van der Waals surface area (Å²) in [7, 11) is 0. The number of phenols is 1. The Kier molecular flexibility index (Phi) is 6.07. The molecule has 46 heavy (non-hydrogen) atoms. The van der Waals surface area contributed by atoms with Crippen LogP contribution in [0.4, 0.5) is 0 Å². The van der Waals surface area contributed by atoms with Crippen LogP contribution in [0.5, 0.6) is 17.4 Å². The molecule has 2 aliphatic rings. The standard InChI is InChI=1S/C41H31N3O2/c45-36-17-7-6-14-33(36)40-43-39-35(16-9-18-37(39)46-38-19-8-15-34(42-38)27-10-2-1-3-11-27)44(40)32-21-20-30-25-41(26-31(30)22-32)23-28-12-4-5-13-29(28)24-41/h1-22,45H,23-26H2. The number of hydrogen-bond acceptors (Lipinski definition) is 4. The molecular weight excluding hydrogens is 566 g/mol. The molecule has 0 bridgehead atoms. The Hall–Kier alpha value is -5.68. The first kappa shape index (κ1) is 26.7. The van der Waals surface area contributed by atoms with Crippen LogP contribution in [0.2, 0.25) is 0 Å². The fourth-order valence-electron chi connectivity index (χ4n) is 7.60. The van der Waals surface area contributed by atoms with E-state index in [1.54, 1.807) is 6.07 Å². The van der Waals surface area contributed by atoms with Crippen LogP contribution in [0, 0.1) is 5.41 Å². The molecule has 0 unspecified atom stereocenters. The molecule has 5 nitrogen and oxygen atoms in total. The summed E-state index contributed by atoms with van der Waals surface area (Å²) in [5.41, 5.74) is 11.2. The number of ether oxygens (including phenoxy) is 1. The van der Waals surface area contributed by atoms with Crippen molar-refractivity contribution in [2.75, 3.05) is 0 Å². The molecule has 5 aromatic carbocycles. The lowest BCUT2D eigenvalue weighted by atomic mass is 9.82. The third-order valence-corrected chi connectivity index (χ3v) is 9.63. The molecule has 1 N–H and O–H groups in total. The van der Waals surface area contributed by atoms with Gasteiger partial charge < -0.3 is 9.84 Å². The summed E-state index contributed by atoms with van der Waals surface area (Å²) < 4.78 is 8.60. The SMILES string of the molecule is Oc1ccccc1-c1nc2c(Oc3cccc(-c4ccccc4)n3)cccc2n1-c1ccc2c(c1)CC1(Cc3ccccc3C1)C2. The van der Waals surface area contributed by atoms with Gasteiger partial charge in [-0.2, -0.15) is 0 Å². The second-order valence-corrected chi connectivity index (χ2v) is 12.7. The van der Waals surface area contributed by atoms with Gasteiger partial charge in [0.15, 0.2) is 5.75 Å². The van der Waals surface area contributed by atoms with Gasteiger partial charge in [-0.05, 0) is 95.8 Å². The Bertz CT molecular complexity index is 2250. The number of hydrogen-bond donors (Lipinski definition) is 1. The lowest BCUT2D eigenvalue weighted by Crippen LogP contribution is -2.21. The highest BCUT2D eigenvalue weighted by molar-refractivity contribution is 5.89. The number of benzene rings is 5. The number of imidazole rings is 1. The average Bonchev–Trinajstić information content (AvgIpc) is 3.77. The number of para-hydroxylation sites is 2. The first-order valence-corrected chi connectivity index (χ1v) is 15.8. The third-order valence-electron chi connectivity index (χ3n) is 9.63. The van der Waals surface area contributed by atoms with Gasteiger partial charge in [-0.15, -0.1) is 0 Å². The molecule has 2 heterocycles. The zero-order valence-electron chi connectivity index (χ0n) is 25.2. The number of nitrogens with zero attached hydrogens (tertiary/aromatic N) is 3. The van der Waals surface area contributed by atoms with E-state index < -0.39 is 0 Å². The molecule has 0 atom stereocenters. The van der Waals surface area contributed by atoms with Gasteiger partial charge in [-0.25, -0.2) is 9.97 Å². The van der Waals surface area contributed by atoms with E-state index in [1.165, 1.54) is 22.3 Å². The fourth-order valence-corrected chi connectivity index (χ4v) is 7.60. The van der Waals surface area contributed by atoms with Crippen LogP contribution in [0.25, 0.3) is 39.4 Å². The minimum atomic E-state index is 0.183. The van der Waals surface area contributed by atoms with E-state index in [2.05, 4.69) is 53.1 Å². The molecule has 0 amide bonds. The van der Waals surface area contributed by atoms with E-state index >= 15 is 0 Å². The van der Waals surface area contributed by atoms with Crippen LogP contribution in [0.3, 0.4) is 0 Å². The normalized spacial score (nSPS) is 14.4. The highest BCUT2D eigenvalue weighted by Gasteiger charge is 2.42. The highest BCUT2D eigenvalue weighted by atomic mass is 16.5. The molecule has 2 aromatic heterocycles. The smallest absolute Gasteiger partial charge is 0.219 e. The second-order valence-electron chi connectivity index (χ2n) is 12.7. The average molecular weight is 598 g/mol. The van der Waals surface area contributed by atoms with E-state index in [-0.39, 0.29) is 11.2 Å². The first-order chi connectivity index (χ1) is 22.6. The summed E-state index contributed by atoms with van der Waals surface area (Å²) in [5, 5.41) is 11.0. The van der Waals surface area contributed by atoms with Gasteiger partial charge in [0.05, 0.1) is 16.8 Å². The number of pyridine rings is 1. The van der Waals surface area contributed by atoms with E-state index in [0.717, 1.165) is 48.1 Å². The molecule has 5 heteroatoms. The Morgan fingerprint density at radius 3 is 2.11 bits per heavy atom. The first-order valence-electron chi connectivity index (χ1n) is 15.8. The Labute approximate surface area is 267 Å². The number of phenolic OH excluding ortho intramolecular Hbond substituents is 1. The molecular formula is C41H31N3O2. The number of aromatic hydroxyl groups is 1. The van der Waals surface area contributed by atoms with Crippen LogP contribution in [0.1, 0.15) is 22.3 Å². The summed E-state index contributed by atoms with van der Waals surface area (Å²) in [5.74, 6) is 1.95. The second kappa shape index (κ2) is 10.5. The van der Waals surface area contributed by atoms with E-state index in [0.29, 0.717) is 28.5 Å². The van der Waals surface area contributed by atoms with Crippen molar-refractivity contribution in [1.29, 1.82) is 0 Å². The fraction of sp³-hybridized carbons (Fsp3) is 0.122. The molecule has 0 radical (unpaired) electrons. The van der Waals surface area contributed by atoms with Gasteiger partial charge >= 0.3 is 0 Å². The zero-order chi connectivity index (χ0) is 30.7. The van der Waals surface area contributed by atoms with Crippen molar-refractivity contribution in [3.63, 3.8) is 0 Å². The Balaban J connectivity index is 1.14. The Morgan fingerprint density at radius 1 is 0.609 bits per heavy atom. The monoisotopic (exact) mass is 597 g/mol. The van der Waals surface area contributed by atoms with Crippen LogP contribution < -0.4 is 4.74 Å². The van der Waals surface area contributed by atoms with E-state index in [4.69, 9.17) is 14.7 Å². The van der Waals surface area contributed by atoms with Gasteiger partial charge in [0.2, 0.25) is 5.88 Å². The van der Waals surface area contributed by atoms with Crippen molar-refractivity contribution in [1.82, 2.24) is 14.5 Å². The molecule has 0 fully saturated rings. The van der Waals surface area contributed by atoms with Crippen molar-refractivity contribution in [3.8, 4) is 45.7 Å². The zero-order valence-corrected chi connectivity index (χ0v) is 25.2. The number of aromatic nitrogens is 3. The summed E-state index contributed by atoms with van der Waals surface area (Å²) >= 11 is 0. The molecule has 7 aromatic rings. The minimum absolute atomic E-state index is 0.183. The quantitative estimate of drug-likeness (QED) is 0.215. The molecule has 2 aliphatic carbocycles. The van der Waals surface area contributed by atoms with Crippen molar-refractivity contribution in [3.05, 3.63) is 156 Å². The lowest BCUT2D eigenvalue weighted by Gasteiger charge is -2.21. The van der Waals surface area contributed by atoms with Crippen molar-refractivity contribution in [2.45, 2.75) is 25.7 Å². The van der Waals surface area contributed by atoms with Crippen LogP contribution in [-0.2, 0) is 25.7 Å². The van der Waals surface area contributed by atoms with Gasteiger partial charge in [0.25, 0.3) is 0 Å². The molecule has 9 rings (SSSR count). The van der Waals surface area contributed by atoms with Crippen LogP contribution in [-0.4, -0.2) is 19.6 Å². The summed E-state index contributed by atoms with van der Waals surface area (Å²) in [4.78, 5) is 9.94. The molecule has 0 aliphatic heterocycles. The van der Waals surface area contributed by atoms with E-state index in [9.17, 15) is 5.11 Å². The lowest BCUT2D eigenvalue weighted by molar-refractivity contribution is 0.326. The highest BCUT2D eigenvalue weighted by Crippen LogP contribution is 2.48. The van der Waals surface area contributed by atoms with Crippen molar-refractivity contribution >= 4 is 11.0 Å². The molecule has 222 valence electrons. The van der Waals surface area contributed by atoms with E-state index in [1.807, 2.05) is 78.9 Å². The predicted octanol–water partition coefficient (Wildman–Crippen LogP) is 9.14. The molecule has 0 saturated carbocycles. The maximum absolute atomic E-state index is 11.0. The maximum atomic E-state index is 11.0. The number of rotatable bonds is 5. The van der Waals surface area contributed by atoms with Gasteiger partial charge in [0, 0.05) is 17.3 Å². The van der Waals surface area contributed by atoms with Crippen LogP contribution >= 0.6 is 0 Å². The summed E-state index contributed by atoms with van der Waals surface area (Å²) in [6, 6.07) is 45.0. The largest absolute Gasteiger partial charge is 0.507 e. The summed E-state index contributed by atoms with van der Waals surface area (Å²) in [6.45, 7) is 0. The number of fused-ring (bicyclic) bond motifs is 3.